The first-order valence-corrected chi connectivity index (χ1v) is 5.42. The SMILES string of the molecule is CC[C@H]1CC[N+](C)(C)[C@@H](CC)C1. The summed E-state index contributed by atoms with van der Waals surface area (Å²) in [5.41, 5.74) is 0. The van der Waals surface area contributed by atoms with Gasteiger partial charge in [-0.3, -0.25) is 0 Å². The molecule has 0 bridgehead atoms. The van der Waals surface area contributed by atoms with Gasteiger partial charge in [-0.2, -0.15) is 0 Å². The van der Waals surface area contributed by atoms with Gasteiger partial charge in [-0.1, -0.05) is 20.3 Å². The molecule has 0 aromatic heterocycles. The maximum absolute atomic E-state index is 2.39. The van der Waals surface area contributed by atoms with Crippen molar-refractivity contribution in [1.29, 1.82) is 0 Å². The summed E-state index contributed by atoms with van der Waals surface area (Å²) in [6.45, 7) is 6.06. The average molecular weight is 170 g/mol. The highest BCUT2D eigenvalue weighted by molar-refractivity contribution is 4.70. The fourth-order valence-electron chi connectivity index (χ4n) is 2.52. The second-order valence-corrected chi connectivity index (χ2v) is 4.86. The third-order valence-electron chi connectivity index (χ3n) is 3.76. The second kappa shape index (κ2) is 3.78. The number of nitrogens with zero attached hydrogens (tertiary/aromatic N) is 1. The van der Waals surface area contributed by atoms with Crippen molar-refractivity contribution < 1.29 is 4.48 Å². The molecular weight excluding hydrogens is 146 g/mol. The van der Waals surface area contributed by atoms with Crippen LogP contribution in [0.5, 0.6) is 0 Å². The van der Waals surface area contributed by atoms with E-state index in [0.29, 0.717) is 0 Å². The summed E-state index contributed by atoms with van der Waals surface area (Å²) >= 11 is 0. The van der Waals surface area contributed by atoms with E-state index in [4.69, 9.17) is 0 Å². The molecule has 0 aliphatic carbocycles. The molecule has 0 aromatic carbocycles. The Kier molecular flexibility index (Phi) is 3.16. The van der Waals surface area contributed by atoms with Gasteiger partial charge in [-0.15, -0.1) is 0 Å². The molecule has 1 nitrogen and oxygen atoms in total. The third-order valence-corrected chi connectivity index (χ3v) is 3.76. The van der Waals surface area contributed by atoms with Crippen LogP contribution in [0.15, 0.2) is 0 Å². The predicted molar refractivity (Wildman–Crippen MR) is 54.1 cm³/mol. The number of hydrogen-bond donors (Lipinski definition) is 0. The monoisotopic (exact) mass is 170 g/mol. The zero-order valence-corrected chi connectivity index (χ0v) is 9.14. The Balaban J connectivity index is 2.54. The Bertz CT molecular complexity index is 140. The van der Waals surface area contributed by atoms with Crippen LogP contribution < -0.4 is 0 Å². The molecule has 1 aliphatic heterocycles. The molecule has 0 saturated carbocycles. The van der Waals surface area contributed by atoms with Crippen LogP contribution in [0.3, 0.4) is 0 Å². The Morgan fingerprint density at radius 1 is 1.17 bits per heavy atom. The molecule has 1 heteroatoms. The molecule has 0 amide bonds. The number of rotatable bonds is 2. The normalized spacial score (nSPS) is 35.0. The molecule has 1 saturated heterocycles. The highest BCUT2D eigenvalue weighted by Gasteiger charge is 2.33. The Morgan fingerprint density at radius 3 is 2.33 bits per heavy atom. The van der Waals surface area contributed by atoms with Gasteiger partial charge in [0.25, 0.3) is 0 Å². The van der Waals surface area contributed by atoms with Gasteiger partial charge in [-0.05, 0) is 18.8 Å². The van der Waals surface area contributed by atoms with E-state index in [0.717, 1.165) is 12.0 Å². The number of piperidine rings is 1. The van der Waals surface area contributed by atoms with Gasteiger partial charge in [0.15, 0.2) is 0 Å². The van der Waals surface area contributed by atoms with Gasteiger partial charge in [0.2, 0.25) is 0 Å². The Labute approximate surface area is 77.4 Å². The molecule has 0 radical (unpaired) electrons. The lowest BCUT2D eigenvalue weighted by molar-refractivity contribution is -0.921. The Hall–Kier alpha value is -0.0400. The van der Waals surface area contributed by atoms with Crippen molar-refractivity contribution in [2.24, 2.45) is 5.92 Å². The number of likely N-dealkylation sites (tertiary alicyclic amines) is 1. The van der Waals surface area contributed by atoms with E-state index in [1.165, 1.54) is 36.7 Å². The van der Waals surface area contributed by atoms with Crippen LogP contribution in [0, 0.1) is 5.92 Å². The predicted octanol–water partition coefficient (Wildman–Crippen LogP) is 2.66. The smallest absolute Gasteiger partial charge is 0.0886 e. The maximum atomic E-state index is 2.39. The van der Waals surface area contributed by atoms with Gasteiger partial charge < -0.3 is 4.48 Å². The van der Waals surface area contributed by atoms with Crippen molar-refractivity contribution >= 4 is 0 Å². The zero-order chi connectivity index (χ0) is 9.19. The molecule has 0 N–H and O–H groups in total. The molecule has 2 atom stereocenters. The number of hydrogen-bond acceptors (Lipinski definition) is 0. The van der Waals surface area contributed by atoms with E-state index in [1.807, 2.05) is 0 Å². The first kappa shape index (κ1) is 10.0. The van der Waals surface area contributed by atoms with Crippen LogP contribution in [0.2, 0.25) is 0 Å². The van der Waals surface area contributed by atoms with Gasteiger partial charge in [-0.25, -0.2) is 0 Å². The Morgan fingerprint density at radius 2 is 1.83 bits per heavy atom. The lowest BCUT2D eigenvalue weighted by Gasteiger charge is -2.44. The summed E-state index contributed by atoms with van der Waals surface area (Å²) in [6.07, 6.45) is 5.64. The second-order valence-electron chi connectivity index (χ2n) is 4.86. The topological polar surface area (TPSA) is 0 Å². The van der Waals surface area contributed by atoms with Crippen LogP contribution in [0.4, 0.5) is 0 Å². The molecule has 72 valence electrons. The fraction of sp³-hybridized carbons (Fsp3) is 1.00. The molecule has 0 aromatic rings. The fourth-order valence-corrected chi connectivity index (χ4v) is 2.52. The van der Waals surface area contributed by atoms with Crippen molar-refractivity contribution in [2.45, 2.75) is 45.6 Å². The minimum absolute atomic E-state index is 0.920. The lowest BCUT2D eigenvalue weighted by Crippen LogP contribution is -2.53. The van der Waals surface area contributed by atoms with Crippen LogP contribution >= 0.6 is 0 Å². The summed E-state index contributed by atoms with van der Waals surface area (Å²) in [6, 6.07) is 0.920. The van der Waals surface area contributed by atoms with E-state index in [2.05, 4.69) is 27.9 Å². The minimum Gasteiger partial charge on any atom is -0.326 e. The van der Waals surface area contributed by atoms with Crippen LogP contribution in [0.1, 0.15) is 39.5 Å². The summed E-state index contributed by atoms with van der Waals surface area (Å²) in [5.74, 6) is 1.01. The van der Waals surface area contributed by atoms with E-state index >= 15 is 0 Å². The standard InChI is InChI=1S/C11H24N/c1-5-10-7-8-12(3,4)11(6-2)9-10/h10-11H,5-9H2,1-4H3/q+1/t10-,11-/m0/s1. The van der Waals surface area contributed by atoms with Crippen molar-refractivity contribution in [3.63, 3.8) is 0 Å². The van der Waals surface area contributed by atoms with Crippen LogP contribution in [-0.2, 0) is 0 Å². The van der Waals surface area contributed by atoms with Crippen molar-refractivity contribution in [3.05, 3.63) is 0 Å². The molecule has 1 fully saturated rings. The first-order chi connectivity index (χ1) is 5.60. The van der Waals surface area contributed by atoms with E-state index in [9.17, 15) is 0 Å². The quantitative estimate of drug-likeness (QED) is 0.559. The average Bonchev–Trinajstić information content (AvgIpc) is 2.04. The minimum atomic E-state index is 0.920. The summed E-state index contributed by atoms with van der Waals surface area (Å²) in [4.78, 5) is 0. The molecular formula is C11H24N+. The van der Waals surface area contributed by atoms with Crippen LogP contribution in [-0.4, -0.2) is 31.2 Å². The van der Waals surface area contributed by atoms with E-state index in [-0.39, 0.29) is 0 Å². The van der Waals surface area contributed by atoms with Gasteiger partial charge >= 0.3 is 0 Å². The van der Waals surface area contributed by atoms with Gasteiger partial charge in [0, 0.05) is 6.42 Å². The van der Waals surface area contributed by atoms with E-state index < -0.39 is 0 Å². The largest absolute Gasteiger partial charge is 0.326 e. The maximum Gasteiger partial charge on any atom is 0.0886 e. The lowest BCUT2D eigenvalue weighted by atomic mass is 9.86. The summed E-state index contributed by atoms with van der Waals surface area (Å²) in [7, 11) is 4.78. The summed E-state index contributed by atoms with van der Waals surface area (Å²) < 4.78 is 1.26. The highest BCUT2D eigenvalue weighted by Crippen LogP contribution is 2.29. The first-order valence-electron chi connectivity index (χ1n) is 5.42. The molecule has 1 aliphatic rings. The molecule has 12 heavy (non-hydrogen) atoms. The third kappa shape index (κ3) is 2.01. The van der Waals surface area contributed by atoms with Gasteiger partial charge in [0.1, 0.15) is 0 Å². The van der Waals surface area contributed by atoms with Crippen molar-refractivity contribution in [2.75, 3.05) is 20.6 Å². The molecule has 1 heterocycles. The summed E-state index contributed by atoms with van der Waals surface area (Å²) in [5, 5.41) is 0. The highest BCUT2D eigenvalue weighted by atomic mass is 15.3. The van der Waals surface area contributed by atoms with E-state index in [1.54, 1.807) is 0 Å². The molecule has 1 rings (SSSR count). The zero-order valence-electron chi connectivity index (χ0n) is 9.14. The molecule has 0 spiro atoms. The van der Waals surface area contributed by atoms with Gasteiger partial charge in [0.05, 0.1) is 26.7 Å². The number of quaternary nitrogens is 1. The molecule has 0 unspecified atom stereocenters. The van der Waals surface area contributed by atoms with Crippen LogP contribution in [0.25, 0.3) is 0 Å². The van der Waals surface area contributed by atoms with Crippen molar-refractivity contribution in [1.82, 2.24) is 0 Å². The van der Waals surface area contributed by atoms with Crippen molar-refractivity contribution in [3.8, 4) is 0 Å².